The van der Waals surface area contributed by atoms with Gasteiger partial charge in [0.15, 0.2) is 0 Å². The maximum absolute atomic E-state index is 12.0. The van der Waals surface area contributed by atoms with Crippen molar-refractivity contribution in [1.29, 1.82) is 0 Å². The molecule has 0 fully saturated rings. The Morgan fingerprint density at radius 1 is 1.32 bits per heavy atom. The Balaban J connectivity index is 2.35. The normalized spacial score (nSPS) is 16.7. The molecule has 0 saturated carbocycles. The van der Waals surface area contributed by atoms with Crippen LogP contribution in [0.5, 0.6) is 0 Å². The zero-order chi connectivity index (χ0) is 14.3. The Hall–Kier alpha value is -1.32. The molecule has 1 rings (SSSR count). The van der Waals surface area contributed by atoms with Gasteiger partial charge >= 0.3 is 0 Å². The van der Waals surface area contributed by atoms with E-state index in [-0.39, 0.29) is 17.7 Å². The maximum atomic E-state index is 12.0. The summed E-state index contributed by atoms with van der Waals surface area (Å²) in [6, 6.07) is -0.433. The Bertz CT molecular complexity index is 348. The van der Waals surface area contributed by atoms with E-state index in [1.54, 1.807) is 0 Å². The van der Waals surface area contributed by atoms with Crippen molar-refractivity contribution in [2.45, 2.75) is 58.9 Å². The van der Waals surface area contributed by atoms with Gasteiger partial charge in [-0.15, -0.1) is 0 Å². The van der Waals surface area contributed by atoms with E-state index in [1.165, 1.54) is 31.8 Å². The van der Waals surface area contributed by atoms with E-state index in [0.29, 0.717) is 6.54 Å². The molecule has 4 nitrogen and oxygen atoms in total. The molecule has 19 heavy (non-hydrogen) atoms. The van der Waals surface area contributed by atoms with Crippen molar-refractivity contribution in [3.63, 3.8) is 0 Å². The van der Waals surface area contributed by atoms with Crippen molar-refractivity contribution in [2.75, 3.05) is 6.54 Å². The van der Waals surface area contributed by atoms with E-state index < -0.39 is 6.04 Å². The molecule has 0 aromatic rings. The summed E-state index contributed by atoms with van der Waals surface area (Å²) in [5.41, 5.74) is 1.45. The average Bonchev–Trinajstić information content (AvgIpc) is 2.36. The monoisotopic (exact) mass is 266 g/mol. The minimum atomic E-state index is -0.433. The number of carbonyl (C=O) groups is 2. The first kappa shape index (κ1) is 15.7. The SMILES string of the molecule is CC(=O)N[C@H](C(=O)NCCC1=CCCCC1)C(C)C. The number of rotatable bonds is 6. The van der Waals surface area contributed by atoms with Crippen LogP contribution >= 0.6 is 0 Å². The summed E-state index contributed by atoms with van der Waals surface area (Å²) in [7, 11) is 0. The molecule has 108 valence electrons. The van der Waals surface area contributed by atoms with E-state index in [0.717, 1.165) is 12.8 Å². The first-order valence-corrected chi connectivity index (χ1v) is 7.23. The zero-order valence-electron chi connectivity index (χ0n) is 12.3. The summed E-state index contributed by atoms with van der Waals surface area (Å²) in [5.74, 6) is -0.150. The lowest BCUT2D eigenvalue weighted by Crippen LogP contribution is -2.49. The van der Waals surface area contributed by atoms with Gasteiger partial charge < -0.3 is 10.6 Å². The van der Waals surface area contributed by atoms with Gasteiger partial charge in [0.1, 0.15) is 6.04 Å². The van der Waals surface area contributed by atoms with Gasteiger partial charge in [-0.25, -0.2) is 0 Å². The lowest BCUT2D eigenvalue weighted by Gasteiger charge is -2.21. The molecule has 4 heteroatoms. The van der Waals surface area contributed by atoms with Gasteiger partial charge in [0.2, 0.25) is 11.8 Å². The molecule has 0 spiro atoms. The van der Waals surface area contributed by atoms with Gasteiger partial charge in [0.05, 0.1) is 0 Å². The van der Waals surface area contributed by atoms with Gasteiger partial charge in [-0.3, -0.25) is 9.59 Å². The maximum Gasteiger partial charge on any atom is 0.242 e. The smallest absolute Gasteiger partial charge is 0.242 e. The van der Waals surface area contributed by atoms with Crippen LogP contribution in [0.3, 0.4) is 0 Å². The van der Waals surface area contributed by atoms with Crippen LogP contribution in [-0.4, -0.2) is 24.4 Å². The molecule has 1 aliphatic rings. The fraction of sp³-hybridized carbons (Fsp3) is 0.733. The molecule has 1 atom stereocenters. The Morgan fingerprint density at radius 2 is 2.05 bits per heavy atom. The molecular weight excluding hydrogens is 240 g/mol. The fourth-order valence-electron chi connectivity index (χ4n) is 2.34. The van der Waals surface area contributed by atoms with Crippen LogP contribution in [0.2, 0.25) is 0 Å². The molecule has 0 unspecified atom stereocenters. The Kier molecular flexibility index (Phi) is 6.60. The molecule has 0 bridgehead atoms. The van der Waals surface area contributed by atoms with Crippen molar-refractivity contribution >= 4 is 11.8 Å². The van der Waals surface area contributed by atoms with Crippen LogP contribution in [-0.2, 0) is 9.59 Å². The largest absolute Gasteiger partial charge is 0.354 e. The van der Waals surface area contributed by atoms with Crippen LogP contribution in [0.1, 0.15) is 52.9 Å². The summed E-state index contributed by atoms with van der Waals surface area (Å²) >= 11 is 0. The predicted molar refractivity (Wildman–Crippen MR) is 76.6 cm³/mol. The van der Waals surface area contributed by atoms with E-state index >= 15 is 0 Å². The molecule has 2 amide bonds. The van der Waals surface area contributed by atoms with Gasteiger partial charge in [0.25, 0.3) is 0 Å². The number of allylic oxidation sites excluding steroid dienone is 1. The predicted octanol–water partition coefficient (Wildman–Crippen LogP) is 2.15. The molecule has 1 aliphatic carbocycles. The third-order valence-corrected chi connectivity index (χ3v) is 3.44. The summed E-state index contributed by atoms with van der Waals surface area (Å²) in [5, 5.41) is 5.62. The zero-order valence-corrected chi connectivity index (χ0v) is 12.3. The van der Waals surface area contributed by atoms with E-state index in [4.69, 9.17) is 0 Å². The van der Waals surface area contributed by atoms with Gasteiger partial charge in [-0.1, -0.05) is 25.5 Å². The quantitative estimate of drug-likeness (QED) is 0.724. The van der Waals surface area contributed by atoms with Gasteiger partial charge in [-0.05, 0) is 38.0 Å². The number of nitrogens with one attached hydrogen (secondary N) is 2. The topological polar surface area (TPSA) is 58.2 Å². The minimum absolute atomic E-state index is 0.0818. The van der Waals surface area contributed by atoms with Gasteiger partial charge in [0, 0.05) is 13.5 Å². The second-order valence-electron chi connectivity index (χ2n) is 5.57. The van der Waals surface area contributed by atoms with Crippen molar-refractivity contribution in [3.8, 4) is 0 Å². The van der Waals surface area contributed by atoms with E-state index in [1.807, 2.05) is 13.8 Å². The van der Waals surface area contributed by atoms with E-state index in [2.05, 4.69) is 16.7 Å². The minimum Gasteiger partial charge on any atom is -0.354 e. The van der Waals surface area contributed by atoms with Crippen molar-refractivity contribution < 1.29 is 9.59 Å². The third-order valence-electron chi connectivity index (χ3n) is 3.44. The molecule has 0 aromatic heterocycles. The highest BCUT2D eigenvalue weighted by atomic mass is 16.2. The average molecular weight is 266 g/mol. The summed E-state index contributed by atoms with van der Waals surface area (Å²) in [6.07, 6.45) is 8.10. The molecule has 0 aliphatic heterocycles. The summed E-state index contributed by atoms with van der Waals surface area (Å²) in [4.78, 5) is 23.1. The van der Waals surface area contributed by atoms with Crippen LogP contribution in [0.4, 0.5) is 0 Å². The first-order valence-electron chi connectivity index (χ1n) is 7.23. The standard InChI is InChI=1S/C15H26N2O2/c1-11(2)14(17-12(3)18)15(19)16-10-9-13-7-5-4-6-8-13/h7,11,14H,4-6,8-10H2,1-3H3,(H,16,19)(H,17,18)/t14-/m0/s1. The fourth-order valence-corrected chi connectivity index (χ4v) is 2.34. The van der Waals surface area contributed by atoms with E-state index in [9.17, 15) is 9.59 Å². The summed E-state index contributed by atoms with van der Waals surface area (Å²) in [6.45, 7) is 5.97. The molecule has 0 aromatic carbocycles. The Labute approximate surface area is 116 Å². The second kappa shape index (κ2) is 7.97. The molecule has 0 heterocycles. The number of hydrogen-bond donors (Lipinski definition) is 2. The van der Waals surface area contributed by atoms with Crippen LogP contribution in [0.15, 0.2) is 11.6 Å². The van der Waals surface area contributed by atoms with Crippen molar-refractivity contribution in [3.05, 3.63) is 11.6 Å². The molecule has 2 N–H and O–H groups in total. The van der Waals surface area contributed by atoms with Crippen LogP contribution < -0.4 is 10.6 Å². The lowest BCUT2D eigenvalue weighted by molar-refractivity contribution is -0.129. The summed E-state index contributed by atoms with van der Waals surface area (Å²) < 4.78 is 0. The lowest BCUT2D eigenvalue weighted by atomic mass is 9.97. The highest BCUT2D eigenvalue weighted by Gasteiger charge is 2.22. The highest BCUT2D eigenvalue weighted by molar-refractivity contribution is 5.87. The number of hydrogen-bond acceptors (Lipinski definition) is 2. The first-order chi connectivity index (χ1) is 9.00. The van der Waals surface area contributed by atoms with Crippen molar-refractivity contribution in [1.82, 2.24) is 10.6 Å². The van der Waals surface area contributed by atoms with Crippen LogP contribution in [0.25, 0.3) is 0 Å². The van der Waals surface area contributed by atoms with Crippen molar-refractivity contribution in [2.24, 2.45) is 5.92 Å². The second-order valence-corrected chi connectivity index (χ2v) is 5.57. The molecule has 0 saturated heterocycles. The molecule has 0 radical (unpaired) electrons. The van der Waals surface area contributed by atoms with Gasteiger partial charge in [-0.2, -0.15) is 0 Å². The third kappa shape index (κ3) is 5.90. The van der Waals surface area contributed by atoms with Crippen LogP contribution in [0, 0.1) is 5.92 Å². The highest BCUT2D eigenvalue weighted by Crippen LogP contribution is 2.19. The molecular formula is C15H26N2O2. The number of amides is 2. The Morgan fingerprint density at radius 3 is 2.58 bits per heavy atom. The number of carbonyl (C=O) groups excluding carboxylic acids is 2.